The van der Waals surface area contributed by atoms with Gasteiger partial charge in [-0.05, 0) is 36.8 Å². The molecule has 0 unspecified atom stereocenters. The second kappa shape index (κ2) is 6.36. The van der Waals surface area contributed by atoms with Crippen molar-refractivity contribution < 1.29 is 4.74 Å². The first kappa shape index (κ1) is 14.3. The minimum absolute atomic E-state index is 0.470. The van der Waals surface area contributed by atoms with E-state index in [1.807, 2.05) is 23.6 Å². The minimum Gasteiger partial charge on any atom is -0.492 e. The molecule has 0 radical (unpaired) electrons. The third-order valence-corrected chi connectivity index (χ3v) is 3.34. The SMILES string of the molecule is CCc1c(N)cc(C#N)n1CCOc1ccc(Cl)cc1. The molecular formula is C15H16ClN3O. The zero-order valence-corrected chi connectivity index (χ0v) is 12.0. The average Bonchev–Trinajstić information content (AvgIpc) is 2.76. The molecule has 104 valence electrons. The molecule has 2 N–H and O–H groups in total. The van der Waals surface area contributed by atoms with Gasteiger partial charge in [-0.25, -0.2) is 0 Å². The number of hydrogen-bond acceptors (Lipinski definition) is 3. The van der Waals surface area contributed by atoms with Gasteiger partial charge in [-0.3, -0.25) is 0 Å². The first-order chi connectivity index (χ1) is 9.65. The maximum Gasteiger partial charge on any atom is 0.122 e. The highest BCUT2D eigenvalue weighted by Crippen LogP contribution is 2.19. The summed E-state index contributed by atoms with van der Waals surface area (Å²) in [6.45, 7) is 3.08. The number of anilines is 1. The van der Waals surface area contributed by atoms with Crippen LogP contribution in [-0.4, -0.2) is 11.2 Å². The van der Waals surface area contributed by atoms with Gasteiger partial charge in [0.15, 0.2) is 0 Å². The van der Waals surface area contributed by atoms with E-state index in [4.69, 9.17) is 27.3 Å². The van der Waals surface area contributed by atoms with Crippen LogP contribution >= 0.6 is 11.6 Å². The zero-order chi connectivity index (χ0) is 14.5. The topological polar surface area (TPSA) is 64.0 Å². The van der Waals surface area contributed by atoms with Crippen LogP contribution in [0, 0.1) is 11.3 Å². The lowest BCUT2D eigenvalue weighted by Gasteiger charge is -2.11. The van der Waals surface area contributed by atoms with Gasteiger partial charge in [-0.2, -0.15) is 5.26 Å². The molecule has 0 aliphatic heterocycles. The number of aromatic nitrogens is 1. The summed E-state index contributed by atoms with van der Waals surface area (Å²) in [6, 6.07) is 11.1. The molecule has 4 nitrogen and oxygen atoms in total. The van der Waals surface area contributed by atoms with E-state index < -0.39 is 0 Å². The van der Waals surface area contributed by atoms with Gasteiger partial charge < -0.3 is 15.0 Å². The Morgan fingerprint density at radius 2 is 2.05 bits per heavy atom. The molecule has 20 heavy (non-hydrogen) atoms. The van der Waals surface area contributed by atoms with Crippen LogP contribution in [0.3, 0.4) is 0 Å². The number of halogens is 1. The summed E-state index contributed by atoms with van der Waals surface area (Å²) in [5, 5.41) is 9.79. The Balaban J connectivity index is 2.04. The molecule has 2 rings (SSSR count). The Hall–Kier alpha value is -2.12. The molecule has 1 heterocycles. The fourth-order valence-corrected chi connectivity index (χ4v) is 2.26. The predicted molar refractivity (Wildman–Crippen MR) is 79.9 cm³/mol. The molecule has 5 heteroatoms. The number of nitrogen functional groups attached to an aromatic ring is 1. The molecule has 0 spiro atoms. The highest BCUT2D eigenvalue weighted by Gasteiger charge is 2.11. The van der Waals surface area contributed by atoms with Gasteiger partial charge >= 0.3 is 0 Å². The van der Waals surface area contributed by atoms with Crippen molar-refractivity contribution in [3.8, 4) is 11.8 Å². The number of nitrogens with two attached hydrogens (primary N) is 1. The van der Waals surface area contributed by atoms with Gasteiger partial charge in [-0.1, -0.05) is 18.5 Å². The van der Waals surface area contributed by atoms with Gasteiger partial charge in [0.2, 0.25) is 0 Å². The third kappa shape index (κ3) is 3.06. The summed E-state index contributed by atoms with van der Waals surface area (Å²) in [5.41, 5.74) is 8.10. The normalized spacial score (nSPS) is 10.2. The van der Waals surface area contributed by atoms with Gasteiger partial charge in [0, 0.05) is 10.7 Å². The summed E-state index contributed by atoms with van der Waals surface area (Å²) in [5.74, 6) is 0.756. The highest BCUT2D eigenvalue weighted by atomic mass is 35.5. The van der Waals surface area contributed by atoms with Gasteiger partial charge in [0.25, 0.3) is 0 Å². The molecule has 1 aromatic heterocycles. The number of ether oxygens (including phenoxy) is 1. The fourth-order valence-electron chi connectivity index (χ4n) is 2.14. The standard InChI is InChI=1S/C15H16ClN3O/c1-2-15-14(18)9-12(10-17)19(15)7-8-20-13-5-3-11(16)4-6-13/h3-6,9H,2,7-8,18H2,1H3. The Bertz CT molecular complexity index is 626. The van der Waals surface area contributed by atoms with Crippen LogP contribution in [0.15, 0.2) is 30.3 Å². The number of nitriles is 1. The molecule has 2 aromatic rings. The molecule has 0 aliphatic carbocycles. The molecule has 0 fully saturated rings. The average molecular weight is 290 g/mol. The molecule has 0 saturated heterocycles. The molecular weight excluding hydrogens is 274 g/mol. The second-order valence-electron chi connectivity index (χ2n) is 4.35. The van der Waals surface area contributed by atoms with E-state index in [-0.39, 0.29) is 0 Å². The van der Waals surface area contributed by atoms with Crippen LogP contribution in [0.5, 0.6) is 5.75 Å². The number of nitrogens with zero attached hydrogens (tertiary/aromatic N) is 2. The van der Waals surface area contributed by atoms with Crippen molar-refractivity contribution in [1.29, 1.82) is 5.26 Å². The predicted octanol–water partition coefficient (Wildman–Crippen LogP) is 3.24. The lowest BCUT2D eigenvalue weighted by Crippen LogP contribution is -2.12. The van der Waals surface area contributed by atoms with E-state index in [0.717, 1.165) is 17.9 Å². The van der Waals surface area contributed by atoms with Crippen LogP contribution in [0.4, 0.5) is 5.69 Å². The minimum atomic E-state index is 0.470. The molecule has 0 atom stereocenters. The summed E-state index contributed by atoms with van der Waals surface area (Å²) in [6.07, 6.45) is 0.786. The Morgan fingerprint density at radius 3 is 2.65 bits per heavy atom. The summed E-state index contributed by atoms with van der Waals surface area (Å²) in [7, 11) is 0. The molecule has 1 aromatic carbocycles. The lowest BCUT2D eigenvalue weighted by molar-refractivity contribution is 0.296. The molecule has 0 amide bonds. The molecule has 0 bridgehead atoms. The van der Waals surface area contributed by atoms with Crippen molar-refractivity contribution in [2.45, 2.75) is 19.9 Å². The third-order valence-electron chi connectivity index (χ3n) is 3.09. The van der Waals surface area contributed by atoms with Crippen molar-refractivity contribution in [1.82, 2.24) is 4.57 Å². The van der Waals surface area contributed by atoms with Crippen LogP contribution < -0.4 is 10.5 Å². The maximum atomic E-state index is 9.12. The van der Waals surface area contributed by atoms with Crippen LogP contribution in [0.1, 0.15) is 18.3 Å². The quantitative estimate of drug-likeness (QED) is 0.919. The van der Waals surface area contributed by atoms with Crippen LogP contribution in [0.25, 0.3) is 0 Å². The highest BCUT2D eigenvalue weighted by molar-refractivity contribution is 6.30. The maximum absolute atomic E-state index is 9.12. The van der Waals surface area contributed by atoms with Crippen molar-refractivity contribution in [3.05, 3.63) is 46.7 Å². The van der Waals surface area contributed by atoms with Crippen LogP contribution in [-0.2, 0) is 13.0 Å². The van der Waals surface area contributed by atoms with Crippen molar-refractivity contribution in [3.63, 3.8) is 0 Å². The number of benzene rings is 1. The molecule has 0 aliphatic rings. The Kier molecular flexibility index (Phi) is 4.54. The van der Waals surface area contributed by atoms with Crippen molar-refractivity contribution in [2.75, 3.05) is 12.3 Å². The number of rotatable bonds is 5. The number of hydrogen-bond donors (Lipinski definition) is 1. The van der Waals surface area contributed by atoms with Gasteiger partial charge in [0.1, 0.15) is 24.1 Å². The summed E-state index contributed by atoms with van der Waals surface area (Å²) >= 11 is 5.81. The Morgan fingerprint density at radius 1 is 1.35 bits per heavy atom. The smallest absolute Gasteiger partial charge is 0.122 e. The van der Waals surface area contributed by atoms with Gasteiger partial charge in [-0.15, -0.1) is 0 Å². The van der Waals surface area contributed by atoms with E-state index in [2.05, 4.69) is 6.07 Å². The van der Waals surface area contributed by atoms with E-state index in [1.165, 1.54) is 0 Å². The van der Waals surface area contributed by atoms with Crippen molar-refractivity contribution in [2.24, 2.45) is 0 Å². The first-order valence-electron chi connectivity index (χ1n) is 6.42. The second-order valence-corrected chi connectivity index (χ2v) is 4.79. The van der Waals surface area contributed by atoms with E-state index >= 15 is 0 Å². The largest absolute Gasteiger partial charge is 0.492 e. The summed E-state index contributed by atoms with van der Waals surface area (Å²) in [4.78, 5) is 0. The summed E-state index contributed by atoms with van der Waals surface area (Å²) < 4.78 is 7.55. The Labute approximate surface area is 123 Å². The first-order valence-corrected chi connectivity index (χ1v) is 6.79. The van der Waals surface area contributed by atoms with E-state index in [0.29, 0.717) is 29.6 Å². The monoisotopic (exact) mass is 289 g/mol. The van der Waals surface area contributed by atoms with Crippen LogP contribution in [0.2, 0.25) is 5.02 Å². The van der Waals surface area contributed by atoms with Gasteiger partial charge in [0.05, 0.1) is 12.2 Å². The van der Waals surface area contributed by atoms with E-state index in [9.17, 15) is 0 Å². The zero-order valence-electron chi connectivity index (χ0n) is 11.3. The fraction of sp³-hybridized carbons (Fsp3) is 0.267. The van der Waals surface area contributed by atoms with Crippen molar-refractivity contribution >= 4 is 17.3 Å². The lowest BCUT2D eigenvalue weighted by atomic mass is 10.3. The van der Waals surface area contributed by atoms with E-state index in [1.54, 1.807) is 18.2 Å². The molecule has 0 saturated carbocycles.